The maximum absolute atomic E-state index is 6.11. The van der Waals surface area contributed by atoms with Gasteiger partial charge in [-0.2, -0.15) is 0 Å². The molecular formula is C20H24N5OSTl. The van der Waals surface area contributed by atoms with Crippen molar-refractivity contribution in [3.05, 3.63) is 30.0 Å². The molecule has 0 amide bonds. The van der Waals surface area contributed by atoms with E-state index in [4.69, 9.17) is 15.5 Å². The molecule has 3 aromatic rings. The molecule has 0 aliphatic carbocycles. The minimum atomic E-state index is 0.490. The first-order chi connectivity index (χ1) is 13.5. The van der Waals surface area contributed by atoms with E-state index in [-0.39, 0.29) is 0 Å². The third-order valence-corrected chi connectivity index (χ3v) is 8.53. The summed E-state index contributed by atoms with van der Waals surface area (Å²) in [6.07, 6.45) is 3.81. The van der Waals surface area contributed by atoms with Crippen LogP contribution in [-0.4, -0.2) is 59.5 Å². The molecule has 0 bridgehead atoms. The number of nitrogens with two attached hydrogens (primary N) is 1. The molecule has 3 N–H and O–H groups in total. The second-order valence-electron chi connectivity index (χ2n) is 7.27. The van der Waals surface area contributed by atoms with Crippen molar-refractivity contribution in [1.82, 2.24) is 19.9 Å². The number of benzene rings is 1. The van der Waals surface area contributed by atoms with E-state index in [9.17, 15) is 0 Å². The van der Waals surface area contributed by atoms with Gasteiger partial charge in [0, 0.05) is 0 Å². The van der Waals surface area contributed by atoms with Gasteiger partial charge in [0.1, 0.15) is 0 Å². The summed E-state index contributed by atoms with van der Waals surface area (Å²) in [7, 11) is 0. The van der Waals surface area contributed by atoms with Crippen molar-refractivity contribution in [3.63, 3.8) is 0 Å². The molecule has 4 rings (SSSR count). The quantitative estimate of drug-likeness (QED) is 0.327. The van der Waals surface area contributed by atoms with Gasteiger partial charge in [-0.1, -0.05) is 0 Å². The van der Waals surface area contributed by atoms with Gasteiger partial charge in [0.15, 0.2) is 0 Å². The van der Waals surface area contributed by atoms with E-state index >= 15 is 0 Å². The Balaban J connectivity index is 1.66. The third-order valence-electron chi connectivity index (χ3n) is 4.79. The Morgan fingerprint density at radius 3 is 3.07 bits per heavy atom. The first-order valence-electron chi connectivity index (χ1n) is 9.60. The number of pyridine rings is 1. The molecule has 28 heavy (non-hydrogen) atoms. The van der Waals surface area contributed by atoms with E-state index < -0.39 is 0 Å². The second kappa shape index (κ2) is 8.58. The number of aromatic nitrogens is 3. The van der Waals surface area contributed by atoms with Crippen molar-refractivity contribution in [3.8, 4) is 5.75 Å². The summed E-state index contributed by atoms with van der Waals surface area (Å²) in [5.74, 6) is 1.51. The molecule has 0 saturated carbocycles. The van der Waals surface area contributed by atoms with Crippen molar-refractivity contribution in [1.29, 1.82) is 0 Å². The molecule has 0 saturated heterocycles. The number of hydrogen-bond donors (Lipinski definition) is 2. The summed E-state index contributed by atoms with van der Waals surface area (Å²) < 4.78 is 9.47. The molecule has 6 nitrogen and oxygen atoms in total. The first-order valence-corrected chi connectivity index (χ1v) is 12.7. The van der Waals surface area contributed by atoms with Crippen LogP contribution in [-0.2, 0) is 13.0 Å². The van der Waals surface area contributed by atoms with Gasteiger partial charge in [0.25, 0.3) is 0 Å². The van der Waals surface area contributed by atoms with Crippen LogP contribution in [0.5, 0.6) is 5.75 Å². The summed E-state index contributed by atoms with van der Waals surface area (Å²) in [4.78, 5) is 10.3. The number of nitrogen functional groups attached to an aromatic ring is 1. The van der Waals surface area contributed by atoms with Crippen LogP contribution in [0, 0.1) is 0 Å². The van der Waals surface area contributed by atoms with E-state index in [1.54, 1.807) is 18.0 Å². The monoisotopic (exact) mass is 587 g/mol. The van der Waals surface area contributed by atoms with E-state index in [2.05, 4.69) is 40.8 Å². The molecule has 0 fully saturated rings. The number of ether oxygens (including phenoxy) is 1. The SMILES string of the molecule is CC(C)NCCCn1c(Sc2cc3c(c[c]2[Tl])CCO3)nc2c(N)nccc21. The fourth-order valence-electron chi connectivity index (χ4n) is 3.39. The number of anilines is 1. The zero-order valence-electron chi connectivity index (χ0n) is 16.2. The molecule has 0 radical (unpaired) electrons. The zero-order valence-corrected chi connectivity index (χ0v) is 21.5. The molecule has 2 aromatic heterocycles. The van der Waals surface area contributed by atoms with Gasteiger partial charge < -0.3 is 0 Å². The second-order valence-corrected chi connectivity index (χ2v) is 10.7. The fourth-order valence-corrected chi connectivity index (χ4v) is 6.15. The van der Waals surface area contributed by atoms with E-state index in [0.717, 1.165) is 80.2 Å². The molecule has 0 atom stereocenters. The van der Waals surface area contributed by atoms with E-state index in [1.807, 2.05) is 6.07 Å². The predicted molar refractivity (Wildman–Crippen MR) is 115 cm³/mol. The van der Waals surface area contributed by atoms with Crippen molar-refractivity contribution in [2.45, 2.75) is 49.3 Å². The first kappa shape index (κ1) is 20.0. The van der Waals surface area contributed by atoms with Gasteiger partial charge in [-0.3, -0.25) is 0 Å². The Morgan fingerprint density at radius 1 is 1.39 bits per heavy atom. The van der Waals surface area contributed by atoms with Gasteiger partial charge in [-0.15, -0.1) is 0 Å². The Labute approximate surface area is 185 Å². The number of fused-ring (bicyclic) bond motifs is 2. The summed E-state index contributed by atoms with van der Waals surface area (Å²) >= 11 is 2.48. The van der Waals surface area contributed by atoms with Crippen LogP contribution in [0.3, 0.4) is 0 Å². The molecular weight excluding hydrogens is 563 g/mol. The number of aryl methyl sites for hydroxylation is 1. The summed E-state index contributed by atoms with van der Waals surface area (Å²) in [6.45, 7) is 6.99. The Hall–Kier alpha value is -1.33. The number of imidazole rings is 1. The van der Waals surface area contributed by atoms with Crippen molar-refractivity contribution in [2.75, 3.05) is 18.9 Å². The molecule has 0 spiro atoms. The molecule has 1 aliphatic rings. The average molecular weight is 587 g/mol. The number of nitrogens with zero attached hydrogens (tertiary/aromatic N) is 3. The predicted octanol–water partition coefficient (Wildman–Crippen LogP) is 2.28. The van der Waals surface area contributed by atoms with Crippen LogP contribution in [0.15, 0.2) is 34.4 Å². The zero-order chi connectivity index (χ0) is 19.7. The molecule has 0 unspecified atom stereocenters. The topological polar surface area (TPSA) is 78.0 Å². The summed E-state index contributed by atoms with van der Waals surface area (Å²) in [5, 5.41) is 4.46. The number of rotatable bonds is 7. The molecule has 1 aromatic carbocycles. The Morgan fingerprint density at radius 2 is 2.25 bits per heavy atom. The summed E-state index contributed by atoms with van der Waals surface area (Å²) in [6, 6.07) is 7.00. The van der Waals surface area contributed by atoms with Crippen molar-refractivity contribution < 1.29 is 4.74 Å². The molecule has 144 valence electrons. The Kier molecular flexibility index (Phi) is 6.12. The van der Waals surface area contributed by atoms with Gasteiger partial charge in [-0.25, -0.2) is 0 Å². The third kappa shape index (κ3) is 4.16. The van der Waals surface area contributed by atoms with Crippen molar-refractivity contribution in [2.24, 2.45) is 0 Å². The van der Waals surface area contributed by atoms with Crippen LogP contribution >= 0.6 is 11.8 Å². The Bertz CT molecular complexity index is 1000. The van der Waals surface area contributed by atoms with E-state index in [1.165, 1.54) is 13.6 Å². The average Bonchev–Trinajstić information content (AvgIpc) is 3.24. The molecule has 1 aliphatic heterocycles. The standard InChI is InChI=1S/C20H24N5OS.Tl/c1-13(2)22-8-3-10-25-16-6-9-23-19(21)18(16)24-20(25)27-15-5-4-14-7-11-26-17(14)12-15;/h4,6,9,12-13,22H,3,7-8,10-11H2,1-2H3,(H2,21,23);. The van der Waals surface area contributed by atoms with Crippen LogP contribution in [0.2, 0.25) is 0 Å². The van der Waals surface area contributed by atoms with Gasteiger partial charge in [-0.05, 0) is 0 Å². The van der Waals surface area contributed by atoms with Crippen LogP contribution < -0.4 is 18.9 Å². The molecule has 8 heteroatoms. The van der Waals surface area contributed by atoms with Crippen LogP contribution in [0.4, 0.5) is 5.82 Å². The fraction of sp³-hybridized carbons (Fsp3) is 0.400. The van der Waals surface area contributed by atoms with Crippen LogP contribution in [0.1, 0.15) is 25.8 Å². The van der Waals surface area contributed by atoms with E-state index in [0.29, 0.717) is 11.9 Å². The van der Waals surface area contributed by atoms with Crippen LogP contribution in [0.25, 0.3) is 11.0 Å². The van der Waals surface area contributed by atoms with Crippen molar-refractivity contribution >= 4 is 57.5 Å². The number of nitrogens with one attached hydrogen (secondary N) is 1. The maximum atomic E-state index is 6.11. The van der Waals surface area contributed by atoms with Gasteiger partial charge >= 0.3 is 186 Å². The molecule has 3 heterocycles. The van der Waals surface area contributed by atoms with Gasteiger partial charge in [0.05, 0.1) is 0 Å². The van der Waals surface area contributed by atoms with Gasteiger partial charge in [0.2, 0.25) is 0 Å². The number of hydrogen-bond acceptors (Lipinski definition) is 6. The minimum absolute atomic E-state index is 0.490. The normalized spacial score (nSPS) is 13.2. The summed E-state index contributed by atoms with van der Waals surface area (Å²) in [5.41, 5.74) is 9.29.